The number of nitrogens with one attached hydrogen (secondary N) is 2. The van der Waals surface area contributed by atoms with Gasteiger partial charge in [-0.05, 0) is 24.3 Å². The van der Waals surface area contributed by atoms with Crippen molar-refractivity contribution in [3.8, 4) is 5.75 Å². The van der Waals surface area contributed by atoms with Crippen LogP contribution in [0.25, 0.3) is 6.08 Å². The fraction of sp³-hybridized carbons (Fsp3) is 0.111. The lowest BCUT2D eigenvalue weighted by Gasteiger charge is -2.11. The molecule has 2 N–H and O–H groups in total. The predicted octanol–water partition coefficient (Wildman–Crippen LogP) is 3.60. The van der Waals surface area contributed by atoms with Crippen molar-refractivity contribution >= 4 is 23.6 Å². The summed E-state index contributed by atoms with van der Waals surface area (Å²) < 4.78 is 41.1. The molecule has 0 aliphatic heterocycles. The third-order valence-corrected chi connectivity index (χ3v) is 3.22. The Morgan fingerprint density at radius 1 is 1.04 bits per heavy atom. The molecule has 0 saturated carbocycles. The van der Waals surface area contributed by atoms with Crippen LogP contribution in [0.5, 0.6) is 5.75 Å². The molecule has 0 spiro atoms. The largest absolute Gasteiger partial charge is 0.573 e. The molecule has 8 heteroatoms. The van der Waals surface area contributed by atoms with Crippen molar-refractivity contribution < 1.29 is 27.5 Å². The van der Waals surface area contributed by atoms with Crippen LogP contribution in [0.4, 0.5) is 18.9 Å². The summed E-state index contributed by atoms with van der Waals surface area (Å²) in [7, 11) is 1.46. The van der Waals surface area contributed by atoms with E-state index in [0.29, 0.717) is 0 Å². The lowest BCUT2D eigenvalue weighted by atomic mass is 10.1. The molecule has 0 unspecified atom stereocenters. The Kier molecular flexibility index (Phi) is 6.00. The number of anilines is 1. The molecule has 136 valence electrons. The average molecular weight is 364 g/mol. The van der Waals surface area contributed by atoms with Crippen LogP contribution in [0.15, 0.2) is 54.6 Å². The van der Waals surface area contributed by atoms with Gasteiger partial charge >= 0.3 is 6.36 Å². The smallest absolute Gasteiger partial charge is 0.405 e. The van der Waals surface area contributed by atoms with Crippen molar-refractivity contribution in [2.45, 2.75) is 6.36 Å². The molecule has 0 radical (unpaired) electrons. The van der Waals surface area contributed by atoms with Crippen LogP contribution in [-0.2, 0) is 4.79 Å². The highest BCUT2D eigenvalue weighted by atomic mass is 19.4. The van der Waals surface area contributed by atoms with Crippen molar-refractivity contribution in [3.05, 3.63) is 65.7 Å². The molecule has 2 aromatic carbocycles. The van der Waals surface area contributed by atoms with Gasteiger partial charge in [0.25, 0.3) is 5.91 Å². The molecule has 2 rings (SSSR count). The standard InChI is InChI=1S/C18H15F3N2O3/c1-22-17(25)13-7-3-4-8-14(13)23-16(24)11-10-12-6-2-5-9-15(12)26-18(19,20)21/h2-11H,1H3,(H,22,25)(H,23,24)/b11-10+. The van der Waals surface area contributed by atoms with Crippen LogP contribution in [-0.4, -0.2) is 25.2 Å². The van der Waals surface area contributed by atoms with Crippen molar-refractivity contribution in [2.24, 2.45) is 0 Å². The summed E-state index contributed by atoms with van der Waals surface area (Å²) in [6.07, 6.45) is -2.59. The number of para-hydroxylation sites is 2. The second-order valence-electron chi connectivity index (χ2n) is 5.03. The van der Waals surface area contributed by atoms with Gasteiger partial charge in [-0.3, -0.25) is 9.59 Å². The fourth-order valence-corrected chi connectivity index (χ4v) is 2.10. The van der Waals surface area contributed by atoms with E-state index in [1.165, 1.54) is 43.5 Å². The SMILES string of the molecule is CNC(=O)c1ccccc1NC(=O)/C=C/c1ccccc1OC(F)(F)F. The Labute approximate surface area is 147 Å². The molecule has 5 nitrogen and oxygen atoms in total. The number of hydrogen-bond acceptors (Lipinski definition) is 3. The van der Waals surface area contributed by atoms with E-state index >= 15 is 0 Å². The van der Waals surface area contributed by atoms with Crippen LogP contribution in [0.1, 0.15) is 15.9 Å². The Morgan fingerprint density at radius 3 is 2.38 bits per heavy atom. The summed E-state index contributed by atoms with van der Waals surface area (Å²) in [5.74, 6) is -1.41. The minimum absolute atomic E-state index is 0.0829. The number of rotatable bonds is 5. The molecule has 0 aromatic heterocycles. The first-order valence-electron chi connectivity index (χ1n) is 7.45. The van der Waals surface area contributed by atoms with Crippen LogP contribution in [0.2, 0.25) is 0 Å². The lowest BCUT2D eigenvalue weighted by Crippen LogP contribution is -2.20. The zero-order chi connectivity index (χ0) is 19.2. The fourth-order valence-electron chi connectivity index (χ4n) is 2.10. The second-order valence-corrected chi connectivity index (χ2v) is 5.03. The number of carbonyl (C=O) groups is 2. The molecule has 0 saturated heterocycles. The Morgan fingerprint density at radius 2 is 1.69 bits per heavy atom. The van der Waals surface area contributed by atoms with Gasteiger partial charge in [0.2, 0.25) is 5.91 Å². The number of carbonyl (C=O) groups excluding carboxylic acids is 2. The Bertz CT molecular complexity index is 832. The first kappa shape index (κ1) is 19.0. The molecule has 0 aliphatic carbocycles. The van der Waals surface area contributed by atoms with Crippen molar-refractivity contribution in [3.63, 3.8) is 0 Å². The quantitative estimate of drug-likeness (QED) is 0.797. The van der Waals surface area contributed by atoms with Crippen molar-refractivity contribution in [1.82, 2.24) is 5.32 Å². The summed E-state index contributed by atoms with van der Waals surface area (Å²) in [6.45, 7) is 0. The molecule has 0 atom stereocenters. The second kappa shape index (κ2) is 8.19. The maximum absolute atomic E-state index is 12.4. The van der Waals surface area contributed by atoms with E-state index in [9.17, 15) is 22.8 Å². The van der Waals surface area contributed by atoms with E-state index in [4.69, 9.17) is 0 Å². The van der Waals surface area contributed by atoms with Gasteiger partial charge in [0.1, 0.15) is 5.75 Å². The third-order valence-electron chi connectivity index (χ3n) is 3.22. The van der Waals surface area contributed by atoms with Gasteiger partial charge in [0, 0.05) is 18.7 Å². The zero-order valence-corrected chi connectivity index (χ0v) is 13.6. The maximum Gasteiger partial charge on any atom is 0.573 e. The topological polar surface area (TPSA) is 67.4 Å². The van der Waals surface area contributed by atoms with E-state index in [1.807, 2.05) is 0 Å². The van der Waals surface area contributed by atoms with E-state index < -0.39 is 18.0 Å². The van der Waals surface area contributed by atoms with Gasteiger partial charge in [-0.1, -0.05) is 30.3 Å². The first-order chi connectivity index (χ1) is 12.3. The first-order valence-corrected chi connectivity index (χ1v) is 7.45. The van der Waals surface area contributed by atoms with E-state index in [0.717, 1.165) is 12.1 Å². The van der Waals surface area contributed by atoms with Crippen LogP contribution in [0, 0.1) is 0 Å². The number of alkyl halides is 3. The number of halogens is 3. The number of hydrogen-bond donors (Lipinski definition) is 2. The third kappa shape index (κ3) is 5.37. The van der Waals surface area contributed by atoms with E-state index in [2.05, 4.69) is 15.4 Å². The van der Waals surface area contributed by atoms with Gasteiger partial charge in [-0.15, -0.1) is 13.2 Å². The molecular formula is C18H15F3N2O3. The van der Waals surface area contributed by atoms with E-state index in [-0.39, 0.29) is 22.7 Å². The molecule has 0 fully saturated rings. The average Bonchev–Trinajstić information content (AvgIpc) is 2.59. The van der Waals surface area contributed by atoms with Gasteiger partial charge in [-0.2, -0.15) is 0 Å². The van der Waals surface area contributed by atoms with Crippen LogP contribution >= 0.6 is 0 Å². The molecule has 0 heterocycles. The molecule has 2 aromatic rings. The monoisotopic (exact) mass is 364 g/mol. The molecule has 26 heavy (non-hydrogen) atoms. The van der Waals surface area contributed by atoms with Gasteiger partial charge < -0.3 is 15.4 Å². The molecule has 0 bridgehead atoms. The summed E-state index contributed by atoms with van der Waals surface area (Å²) in [6, 6.07) is 11.8. The number of benzene rings is 2. The Balaban J connectivity index is 2.16. The summed E-state index contributed by atoms with van der Waals surface area (Å²) in [5.41, 5.74) is 0.624. The van der Waals surface area contributed by atoms with Gasteiger partial charge in [0.05, 0.1) is 11.3 Å². The summed E-state index contributed by atoms with van der Waals surface area (Å²) >= 11 is 0. The summed E-state index contributed by atoms with van der Waals surface area (Å²) in [4.78, 5) is 23.8. The van der Waals surface area contributed by atoms with Crippen molar-refractivity contribution in [2.75, 3.05) is 12.4 Å². The normalized spacial score (nSPS) is 11.2. The molecular weight excluding hydrogens is 349 g/mol. The minimum Gasteiger partial charge on any atom is -0.405 e. The predicted molar refractivity (Wildman–Crippen MR) is 90.6 cm³/mol. The highest BCUT2D eigenvalue weighted by molar-refractivity contribution is 6.07. The highest BCUT2D eigenvalue weighted by Gasteiger charge is 2.31. The zero-order valence-electron chi connectivity index (χ0n) is 13.6. The van der Waals surface area contributed by atoms with Crippen LogP contribution < -0.4 is 15.4 Å². The Hall–Kier alpha value is -3.29. The van der Waals surface area contributed by atoms with Gasteiger partial charge in [0.15, 0.2) is 0 Å². The lowest BCUT2D eigenvalue weighted by molar-refractivity contribution is -0.274. The summed E-state index contributed by atoms with van der Waals surface area (Å²) in [5, 5.41) is 4.96. The van der Waals surface area contributed by atoms with Gasteiger partial charge in [-0.25, -0.2) is 0 Å². The number of amides is 2. The molecule has 0 aliphatic rings. The minimum atomic E-state index is -4.83. The van der Waals surface area contributed by atoms with Crippen molar-refractivity contribution in [1.29, 1.82) is 0 Å². The van der Waals surface area contributed by atoms with Crippen LogP contribution in [0.3, 0.4) is 0 Å². The maximum atomic E-state index is 12.4. The number of ether oxygens (including phenoxy) is 1. The molecule has 2 amide bonds. The highest BCUT2D eigenvalue weighted by Crippen LogP contribution is 2.27. The van der Waals surface area contributed by atoms with E-state index in [1.54, 1.807) is 12.1 Å².